The molecule has 2 N–H and O–H groups in total. The molecular formula is C13H21ClN2O2. The van der Waals surface area contributed by atoms with Gasteiger partial charge < -0.3 is 15.1 Å². The van der Waals surface area contributed by atoms with Crippen LogP contribution >= 0.6 is 12.4 Å². The van der Waals surface area contributed by atoms with Crippen molar-refractivity contribution in [3.05, 3.63) is 23.2 Å². The molecule has 18 heavy (non-hydrogen) atoms. The van der Waals surface area contributed by atoms with Gasteiger partial charge in [0.1, 0.15) is 5.76 Å². The van der Waals surface area contributed by atoms with E-state index in [9.17, 15) is 4.79 Å². The monoisotopic (exact) mass is 272 g/mol. The highest BCUT2D eigenvalue weighted by Gasteiger charge is 2.24. The lowest BCUT2D eigenvalue weighted by molar-refractivity contribution is 0.0889. The lowest BCUT2D eigenvalue weighted by Gasteiger charge is -2.30. The Hall–Kier alpha value is -1.00. The van der Waals surface area contributed by atoms with Crippen molar-refractivity contribution in [1.82, 2.24) is 10.6 Å². The van der Waals surface area contributed by atoms with E-state index in [0.29, 0.717) is 11.8 Å². The summed E-state index contributed by atoms with van der Waals surface area (Å²) in [4.78, 5) is 12.1. The molecular weight excluding hydrogens is 252 g/mol. The van der Waals surface area contributed by atoms with Gasteiger partial charge in [0.2, 0.25) is 0 Å². The SMILES string of the molecule is Cc1cc(C)c(C(=O)NC2CCCNC2C)o1.Cl. The summed E-state index contributed by atoms with van der Waals surface area (Å²) < 4.78 is 5.42. The van der Waals surface area contributed by atoms with E-state index in [-0.39, 0.29) is 24.4 Å². The van der Waals surface area contributed by atoms with Gasteiger partial charge in [0.05, 0.1) is 0 Å². The summed E-state index contributed by atoms with van der Waals surface area (Å²) in [5.74, 6) is 1.12. The van der Waals surface area contributed by atoms with Crippen LogP contribution in [0.2, 0.25) is 0 Å². The second-order valence-electron chi connectivity index (χ2n) is 4.83. The van der Waals surface area contributed by atoms with E-state index in [1.807, 2.05) is 19.9 Å². The van der Waals surface area contributed by atoms with Crippen LogP contribution in [0.4, 0.5) is 0 Å². The number of hydrogen-bond acceptors (Lipinski definition) is 3. The topological polar surface area (TPSA) is 54.3 Å². The molecule has 1 aliphatic rings. The van der Waals surface area contributed by atoms with E-state index in [1.165, 1.54) is 0 Å². The van der Waals surface area contributed by atoms with Crippen LogP contribution in [0.3, 0.4) is 0 Å². The number of piperidine rings is 1. The number of aryl methyl sites for hydroxylation is 2. The van der Waals surface area contributed by atoms with E-state index < -0.39 is 0 Å². The predicted molar refractivity (Wildman–Crippen MR) is 73.4 cm³/mol. The molecule has 0 radical (unpaired) electrons. The minimum absolute atomic E-state index is 0. The van der Waals surface area contributed by atoms with E-state index >= 15 is 0 Å². The predicted octanol–water partition coefficient (Wildman–Crippen LogP) is 2.19. The number of hydrogen-bond donors (Lipinski definition) is 2. The van der Waals surface area contributed by atoms with Crippen molar-refractivity contribution >= 4 is 18.3 Å². The summed E-state index contributed by atoms with van der Waals surface area (Å²) in [6, 6.07) is 2.41. The Labute approximate surface area is 114 Å². The minimum atomic E-state index is -0.101. The first-order chi connectivity index (χ1) is 8.08. The van der Waals surface area contributed by atoms with Crippen LogP contribution in [0, 0.1) is 13.8 Å². The molecule has 0 bridgehead atoms. The first-order valence-corrected chi connectivity index (χ1v) is 6.19. The molecule has 1 aromatic heterocycles. The Kier molecular flexibility index (Phi) is 5.23. The molecule has 102 valence electrons. The van der Waals surface area contributed by atoms with E-state index in [2.05, 4.69) is 17.6 Å². The zero-order valence-corrected chi connectivity index (χ0v) is 11.9. The number of amides is 1. The Balaban J connectivity index is 0.00000162. The smallest absolute Gasteiger partial charge is 0.287 e. The maximum absolute atomic E-state index is 12.1. The fourth-order valence-corrected chi connectivity index (χ4v) is 2.34. The first kappa shape index (κ1) is 15.1. The van der Waals surface area contributed by atoms with Gasteiger partial charge in [-0.3, -0.25) is 4.79 Å². The van der Waals surface area contributed by atoms with Crippen LogP contribution in [0.5, 0.6) is 0 Å². The van der Waals surface area contributed by atoms with Crippen LogP contribution in [-0.4, -0.2) is 24.5 Å². The summed E-state index contributed by atoms with van der Waals surface area (Å²) >= 11 is 0. The molecule has 0 aromatic carbocycles. The van der Waals surface area contributed by atoms with E-state index in [0.717, 1.165) is 30.7 Å². The zero-order valence-electron chi connectivity index (χ0n) is 11.1. The normalized spacial score (nSPS) is 23.3. The molecule has 1 aliphatic heterocycles. The molecule has 0 spiro atoms. The van der Waals surface area contributed by atoms with Crippen LogP contribution in [0.15, 0.2) is 10.5 Å². The van der Waals surface area contributed by atoms with Gasteiger partial charge in [0.25, 0.3) is 5.91 Å². The molecule has 5 heteroatoms. The molecule has 1 amide bonds. The highest BCUT2D eigenvalue weighted by Crippen LogP contribution is 2.15. The molecule has 2 heterocycles. The Bertz CT molecular complexity index is 417. The number of rotatable bonds is 2. The molecule has 1 fully saturated rings. The number of nitrogens with one attached hydrogen (secondary N) is 2. The minimum Gasteiger partial charge on any atom is -0.456 e. The summed E-state index contributed by atoms with van der Waals surface area (Å²) in [6.45, 7) is 6.89. The quantitative estimate of drug-likeness (QED) is 0.868. The van der Waals surface area contributed by atoms with Crippen molar-refractivity contribution in [3.63, 3.8) is 0 Å². The molecule has 4 nitrogen and oxygen atoms in total. The third-order valence-electron chi connectivity index (χ3n) is 3.33. The van der Waals surface area contributed by atoms with E-state index in [4.69, 9.17) is 4.42 Å². The van der Waals surface area contributed by atoms with Crippen molar-refractivity contribution < 1.29 is 9.21 Å². The highest BCUT2D eigenvalue weighted by atomic mass is 35.5. The Morgan fingerprint density at radius 3 is 2.78 bits per heavy atom. The van der Waals surface area contributed by atoms with Gasteiger partial charge >= 0.3 is 0 Å². The molecule has 1 saturated heterocycles. The standard InChI is InChI=1S/C13H20N2O2.ClH/c1-8-7-9(2)17-12(8)13(16)15-11-5-4-6-14-10(11)3;/h7,10-11,14H,4-6H2,1-3H3,(H,15,16);1H. The van der Waals surface area contributed by atoms with Gasteiger partial charge in [-0.05, 0) is 46.2 Å². The van der Waals surface area contributed by atoms with Crippen molar-refractivity contribution in [2.75, 3.05) is 6.54 Å². The maximum Gasteiger partial charge on any atom is 0.287 e. The number of halogens is 1. The summed E-state index contributed by atoms with van der Waals surface area (Å²) in [5.41, 5.74) is 0.899. The van der Waals surface area contributed by atoms with Gasteiger partial charge in [0, 0.05) is 17.6 Å². The average Bonchev–Trinajstić information content (AvgIpc) is 2.61. The van der Waals surface area contributed by atoms with Crippen LogP contribution < -0.4 is 10.6 Å². The highest BCUT2D eigenvalue weighted by molar-refractivity contribution is 5.93. The van der Waals surface area contributed by atoms with E-state index in [1.54, 1.807) is 0 Å². The van der Waals surface area contributed by atoms with Crippen LogP contribution in [0.1, 0.15) is 41.6 Å². The number of furan rings is 1. The van der Waals surface area contributed by atoms with Gasteiger partial charge in [-0.1, -0.05) is 0 Å². The largest absolute Gasteiger partial charge is 0.456 e. The second-order valence-corrected chi connectivity index (χ2v) is 4.83. The molecule has 0 aliphatic carbocycles. The van der Waals surface area contributed by atoms with Crippen molar-refractivity contribution in [2.24, 2.45) is 0 Å². The third-order valence-corrected chi connectivity index (χ3v) is 3.33. The molecule has 0 saturated carbocycles. The molecule has 1 aromatic rings. The Morgan fingerprint density at radius 1 is 1.50 bits per heavy atom. The summed E-state index contributed by atoms with van der Waals surface area (Å²) in [6.07, 6.45) is 2.13. The van der Waals surface area contributed by atoms with Gasteiger partial charge in [-0.2, -0.15) is 0 Å². The van der Waals surface area contributed by atoms with Gasteiger partial charge in [-0.25, -0.2) is 0 Å². The fourth-order valence-electron chi connectivity index (χ4n) is 2.34. The van der Waals surface area contributed by atoms with Crippen molar-refractivity contribution in [1.29, 1.82) is 0 Å². The van der Waals surface area contributed by atoms with Gasteiger partial charge in [-0.15, -0.1) is 12.4 Å². The number of carbonyl (C=O) groups excluding carboxylic acids is 1. The average molecular weight is 273 g/mol. The molecule has 2 atom stereocenters. The summed E-state index contributed by atoms with van der Waals surface area (Å²) in [5, 5.41) is 6.41. The first-order valence-electron chi connectivity index (χ1n) is 6.19. The number of carbonyl (C=O) groups is 1. The lowest BCUT2D eigenvalue weighted by atomic mass is 10.00. The third kappa shape index (κ3) is 3.27. The second kappa shape index (κ2) is 6.25. The van der Waals surface area contributed by atoms with Crippen molar-refractivity contribution in [3.8, 4) is 0 Å². The fraction of sp³-hybridized carbons (Fsp3) is 0.615. The van der Waals surface area contributed by atoms with Crippen LogP contribution in [-0.2, 0) is 0 Å². The van der Waals surface area contributed by atoms with Gasteiger partial charge in [0.15, 0.2) is 5.76 Å². The zero-order chi connectivity index (χ0) is 12.4. The van der Waals surface area contributed by atoms with Crippen LogP contribution in [0.25, 0.3) is 0 Å². The maximum atomic E-state index is 12.1. The molecule has 2 unspecified atom stereocenters. The Morgan fingerprint density at radius 2 is 2.22 bits per heavy atom. The lowest BCUT2D eigenvalue weighted by Crippen LogP contribution is -2.51. The molecule has 2 rings (SSSR count). The van der Waals surface area contributed by atoms with Crippen molar-refractivity contribution in [2.45, 2.75) is 45.7 Å². The summed E-state index contributed by atoms with van der Waals surface area (Å²) in [7, 11) is 0.